The minimum Gasteiger partial charge on any atom is -0.481 e. The van der Waals surface area contributed by atoms with Crippen LogP contribution in [0.25, 0.3) is 0 Å². The number of carbonyl (C=O) groups excluding carboxylic acids is 1. The SMILES string of the molecule is O=C(O)CC(NCC(=O)NCCCOO)C(=O)O. The second-order valence-electron chi connectivity index (χ2n) is 3.41. The molecule has 0 aromatic rings. The van der Waals surface area contributed by atoms with Crippen LogP contribution in [0.15, 0.2) is 0 Å². The lowest BCUT2D eigenvalue weighted by Crippen LogP contribution is -2.44. The van der Waals surface area contributed by atoms with Crippen molar-refractivity contribution in [3.63, 3.8) is 0 Å². The Balaban J connectivity index is 3.85. The molecule has 1 amide bonds. The molecule has 9 heteroatoms. The fraction of sp³-hybridized carbons (Fsp3) is 0.667. The van der Waals surface area contributed by atoms with Crippen LogP contribution in [0.5, 0.6) is 0 Å². The summed E-state index contributed by atoms with van der Waals surface area (Å²) in [5.74, 6) is -3.07. The van der Waals surface area contributed by atoms with Crippen molar-refractivity contribution in [3.8, 4) is 0 Å². The quantitative estimate of drug-likeness (QED) is 0.182. The predicted molar refractivity (Wildman–Crippen MR) is 57.9 cm³/mol. The lowest BCUT2D eigenvalue weighted by molar-refractivity contribution is -0.242. The van der Waals surface area contributed by atoms with E-state index in [0.717, 1.165) is 0 Å². The number of carboxylic acids is 2. The van der Waals surface area contributed by atoms with Crippen LogP contribution in [-0.2, 0) is 19.3 Å². The van der Waals surface area contributed by atoms with E-state index in [1.165, 1.54) is 0 Å². The molecule has 0 heterocycles. The normalized spacial score (nSPS) is 11.8. The van der Waals surface area contributed by atoms with Gasteiger partial charge in [0.05, 0.1) is 19.6 Å². The lowest BCUT2D eigenvalue weighted by atomic mass is 10.2. The Morgan fingerprint density at radius 2 is 1.89 bits per heavy atom. The van der Waals surface area contributed by atoms with E-state index in [9.17, 15) is 14.4 Å². The van der Waals surface area contributed by atoms with Crippen LogP contribution in [0.3, 0.4) is 0 Å². The van der Waals surface area contributed by atoms with Gasteiger partial charge in [0.2, 0.25) is 5.91 Å². The summed E-state index contributed by atoms with van der Waals surface area (Å²) >= 11 is 0. The molecule has 0 radical (unpaired) electrons. The lowest BCUT2D eigenvalue weighted by Gasteiger charge is -2.12. The zero-order valence-electron chi connectivity index (χ0n) is 9.59. The topological polar surface area (TPSA) is 145 Å². The van der Waals surface area contributed by atoms with E-state index in [4.69, 9.17) is 15.5 Å². The summed E-state index contributed by atoms with van der Waals surface area (Å²) in [5.41, 5.74) is 0. The molecule has 9 nitrogen and oxygen atoms in total. The number of amides is 1. The van der Waals surface area contributed by atoms with E-state index >= 15 is 0 Å². The second kappa shape index (κ2) is 9.33. The number of carbonyl (C=O) groups is 3. The van der Waals surface area contributed by atoms with Gasteiger partial charge >= 0.3 is 11.9 Å². The van der Waals surface area contributed by atoms with Gasteiger partial charge in [-0.1, -0.05) is 0 Å². The first-order chi connectivity index (χ1) is 8.47. The minimum absolute atomic E-state index is 0.0739. The first kappa shape index (κ1) is 16.3. The third-order valence-corrected chi connectivity index (χ3v) is 1.92. The molecule has 5 N–H and O–H groups in total. The van der Waals surface area contributed by atoms with Crippen LogP contribution in [0.2, 0.25) is 0 Å². The highest BCUT2D eigenvalue weighted by atomic mass is 17.1. The molecule has 0 aliphatic carbocycles. The van der Waals surface area contributed by atoms with Gasteiger partial charge in [-0.15, -0.1) is 0 Å². The standard InChI is InChI=1S/C9H16N2O7/c12-7(10-2-1-3-18-17)5-11-6(9(15)16)4-8(13)14/h6,11,17H,1-5H2,(H,10,12)(H,13,14)(H,15,16). The molecule has 0 saturated heterocycles. The molecular formula is C9H16N2O7. The van der Waals surface area contributed by atoms with Gasteiger partial charge in [-0.3, -0.25) is 25.0 Å². The van der Waals surface area contributed by atoms with Gasteiger partial charge in [0.15, 0.2) is 0 Å². The average Bonchev–Trinajstić information content (AvgIpc) is 2.29. The van der Waals surface area contributed by atoms with Crippen molar-refractivity contribution in [2.24, 2.45) is 0 Å². The van der Waals surface area contributed by atoms with Crippen molar-refractivity contribution in [1.29, 1.82) is 0 Å². The van der Waals surface area contributed by atoms with Crippen molar-refractivity contribution in [2.45, 2.75) is 18.9 Å². The van der Waals surface area contributed by atoms with Crippen molar-refractivity contribution in [2.75, 3.05) is 19.7 Å². The Kier molecular flexibility index (Phi) is 8.45. The molecule has 0 aromatic carbocycles. The van der Waals surface area contributed by atoms with E-state index in [1.54, 1.807) is 0 Å². The van der Waals surface area contributed by atoms with Crippen LogP contribution < -0.4 is 10.6 Å². The van der Waals surface area contributed by atoms with E-state index in [-0.39, 0.29) is 19.7 Å². The van der Waals surface area contributed by atoms with Gasteiger partial charge in [0, 0.05) is 6.54 Å². The van der Waals surface area contributed by atoms with Crippen molar-refractivity contribution < 1.29 is 34.7 Å². The molecule has 0 bridgehead atoms. The van der Waals surface area contributed by atoms with E-state index < -0.39 is 30.3 Å². The molecular weight excluding hydrogens is 248 g/mol. The predicted octanol–water partition coefficient (Wildman–Crippen LogP) is -1.50. The monoisotopic (exact) mass is 264 g/mol. The van der Waals surface area contributed by atoms with Gasteiger partial charge in [0.25, 0.3) is 0 Å². The van der Waals surface area contributed by atoms with E-state index in [2.05, 4.69) is 15.5 Å². The average molecular weight is 264 g/mol. The maximum atomic E-state index is 11.2. The number of carboxylic acid groups (broad SMARTS) is 2. The molecule has 0 spiro atoms. The minimum atomic E-state index is -1.33. The highest BCUT2D eigenvalue weighted by Gasteiger charge is 2.20. The van der Waals surface area contributed by atoms with E-state index in [1.807, 2.05) is 0 Å². The summed E-state index contributed by atoms with van der Waals surface area (Å²) in [5, 5.41) is 29.9. The molecule has 1 atom stereocenters. The zero-order chi connectivity index (χ0) is 14.0. The molecule has 104 valence electrons. The number of nitrogens with one attached hydrogen (secondary N) is 2. The summed E-state index contributed by atoms with van der Waals surface area (Å²) in [7, 11) is 0. The van der Waals surface area contributed by atoms with Crippen LogP contribution in [0.4, 0.5) is 0 Å². The Hall–Kier alpha value is -1.71. The number of rotatable bonds is 10. The summed E-state index contributed by atoms with van der Waals surface area (Å²) < 4.78 is 0. The highest BCUT2D eigenvalue weighted by Crippen LogP contribution is 1.92. The molecule has 1 unspecified atom stereocenters. The van der Waals surface area contributed by atoms with Crippen molar-refractivity contribution in [1.82, 2.24) is 10.6 Å². The number of hydrogen-bond acceptors (Lipinski definition) is 6. The Labute approximate surface area is 103 Å². The maximum absolute atomic E-state index is 11.2. The van der Waals surface area contributed by atoms with Crippen molar-refractivity contribution >= 4 is 17.8 Å². The maximum Gasteiger partial charge on any atom is 0.321 e. The van der Waals surface area contributed by atoms with Gasteiger partial charge in [-0.25, -0.2) is 4.89 Å². The number of hydrogen-bond donors (Lipinski definition) is 5. The second-order valence-corrected chi connectivity index (χ2v) is 3.41. The molecule has 0 aliphatic rings. The smallest absolute Gasteiger partial charge is 0.321 e. The fourth-order valence-electron chi connectivity index (χ4n) is 1.06. The molecule has 0 rings (SSSR count). The Morgan fingerprint density at radius 1 is 1.22 bits per heavy atom. The van der Waals surface area contributed by atoms with Crippen molar-refractivity contribution in [3.05, 3.63) is 0 Å². The summed E-state index contributed by atoms with van der Waals surface area (Å²) in [6.07, 6.45) is -0.208. The van der Waals surface area contributed by atoms with Gasteiger partial charge in [0.1, 0.15) is 6.04 Å². The van der Waals surface area contributed by atoms with Gasteiger partial charge in [-0.2, -0.15) is 0 Å². The highest BCUT2D eigenvalue weighted by molar-refractivity contribution is 5.82. The summed E-state index contributed by atoms with van der Waals surface area (Å²) in [6.45, 7) is 0.0342. The van der Waals surface area contributed by atoms with Crippen LogP contribution >= 0.6 is 0 Å². The third-order valence-electron chi connectivity index (χ3n) is 1.92. The van der Waals surface area contributed by atoms with E-state index in [0.29, 0.717) is 6.42 Å². The first-order valence-electron chi connectivity index (χ1n) is 5.18. The largest absolute Gasteiger partial charge is 0.481 e. The Bertz CT molecular complexity index is 295. The zero-order valence-corrected chi connectivity index (χ0v) is 9.59. The van der Waals surface area contributed by atoms with Crippen LogP contribution in [-0.4, -0.2) is 59.1 Å². The van der Waals surface area contributed by atoms with Gasteiger partial charge < -0.3 is 15.5 Å². The van der Waals surface area contributed by atoms with Gasteiger partial charge in [-0.05, 0) is 6.42 Å². The fourth-order valence-corrected chi connectivity index (χ4v) is 1.06. The summed E-state index contributed by atoms with van der Waals surface area (Å²) in [4.78, 5) is 36.0. The molecule has 0 aromatic heterocycles. The number of aliphatic carboxylic acids is 2. The summed E-state index contributed by atoms with van der Waals surface area (Å²) in [6, 6.07) is -1.31. The van der Waals surface area contributed by atoms with Crippen LogP contribution in [0, 0.1) is 0 Å². The van der Waals surface area contributed by atoms with Crippen LogP contribution in [0.1, 0.15) is 12.8 Å². The Morgan fingerprint density at radius 3 is 2.39 bits per heavy atom. The molecule has 0 aliphatic heterocycles. The third kappa shape index (κ3) is 8.44. The molecule has 0 fully saturated rings. The molecule has 18 heavy (non-hydrogen) atoms. The molecule has 0 saturated carbocycles. The first-order valence-corrected chi connectivity index (χ1v) is 5.18.